The van der Waals surface area contributed by atoms with E-state index >= 15 is 0 Å². The number of hydrogen-bond donors (Lipinski definition) is 2. The molecule has 0 aliphatic heterocycles. The Morgan fingerprint density at radius 1 is 1.59 bits per heavy atom. The van der Waals surface area contributed by atoms with E-state index < -0.39 is 5.54 Å². The molecular formula is C12H20N4O. The summed E-state index contributed by atoms with van der Waals surface area (Å²) in [6, 6.07) is 0.0673. The lowest BCUT2D eigenvalue weighted by Gasteiger charge is -2.25. The van der Waals surface area contributed by atoms with E-state index in [0.717, 1.165) is 32.2 Å². The summed E-state index contributed by atoms with van der Waals surface area (Å²) in [5, 5.41) is 2.99. The van der Waals surface area contributed by atoms with Crippen molar-refractivity contribution in [2.75, 3.05) is 0 Å². The van der Waals surface area contributed by atoms with Gasteiger partial charge in [0.15, 0.2) is 0 Å². The average Bonchev–Trinajstić information content (AvgIpc) is 2.90. The van der Waals surface area contributed by atoms with Gasteiger partial charge in [0.2, 0.25) is 5.91 Å². The van der Waals surface area contributed by atoms with Gasteiger partial charge < -0.3 is 15.6 Å². The summed E-state index contributed by atoms with van der Waals surface area (Å²) in [7, 11) is 0. The third kappa shape index (κ3) is 2.85. The molecule has 0 aromatic carbocycles. The SMILES string of the molecule is C[C@H](Cn1ccnc1)NC(=O)C1(N)CCCC1. The molecule has 0 spiro atoms. The maximum Gasteiger partial charge on any atom is 0.240 e. The summed E-state index contributed by atoms with van der Waals surface area (Å²) in [6.07, 6.45) is 9.08. The largest absolute Gasteiger partial charge is 0.350 e. The standard InChI is InChI=1S/C12H20N4O/c1-10(8-16-7-6-14-9-16)15-11(17)12(13)4-2-3-5-12/h6-7,9-10H,2-5,8,13H2,1H3,(H,15,17)/t10-/m1/s1. The second kappa shape index (κ2) is 4.87. The zero-order valence-electron chi connectivity index (χ0n) is 10.2. The summed E-state index contributed by atoms with van der Waals surface area (Å²) in [5.74, 6) is -0.0115. The van der Waals surface area contributed by atoms with Gasteiger partial charge in [-0.05, 0) is 19.8 Å². The maximum absolute atomic E-state index is 12.0. The topological polar surface area (TPSA) is 72.9 Å². The van der Waals surface area contributed by atoms with Crippen LogP contribution in [0.4, 0.5) is 0 Å². The Bertz CT molecular complexity index is 368. The van der Waals surface area contributed by atoms with E-state index in [1.807, 2.05) is 17.7 Å². The molecule has 94 valence electrons. The molecule has 2 rings (SSSR count). The third-order valence-corrected chi connectivity index (χ3v) is 3.37. The molecule has 5 heteroatoms. The van der Waals surface area contributed by atoms with Gasteiger partial charge in [-0.25, -0.2) is 4.98 Å². The number of hydrogen-bond acceptors (Lipinski definition) is 3. The molecule has 17 heavy (non-hydrogen) atoms. The second-order valence-electron chi connectivity index (χ2n) is 5.00. The number of nitrogens with zero attached hydrogens (tertiary/aromatic N) is 2. The van der Waals surface area contributed by atoms with Crippen LogP contribution in [0.25, 0.3) is 0 Å². The van der Waals surface area contributed by atoms with Crippen LogP contribution in [-0.2, 0) is 11.3 Å². The lowest BCUT2D eigenvalue weighted by Crippen LogP contribution is -2.54. The molecule has 1 heterocycles. The van der Waals surface area contributed by atoms with Crippen LogP contribution in [0, 0.1) is 0 Å². The predicted molar refractivity (Wildman–Crippen MR) is 65.2 cm³/mol. The molecule has 1 saturated carbocycles. The minimum Gasteiger partial charge on any atom is -0.350 e. The Balaban J connectivity index is 1.86. The molecule has 1 aliphatic carbocycles. The highest BCUT2D eigenvalue weighted by atomic mass is 16.2. The number of aromatic nitrogens is 2. The molecule has 1 fully saturated rings. The molecule has 0 saturated heterocycles. The molecular weight excluding hydrogens is 216 g/mol. The monoisotopic (exact) mass is 236 g/mol. The first-order valence-corrected chi connectivity index (χ1v) is 6.16. The summed E-state index contributed by atoms with van der Waals surface area (Å²) >= 11 is 0. The molecule has 0 unspecified atom stereocenters. The fourth-order valence-corrected chi connectivity index (χ4v) is 2.36. The van der Waals surface area contributed by atoms with Gasteiger partial charge in [0.25, 0.3) is 0 Å². The van der Waals surface area contributed by atoms with Crippen LogP contribution in [-0.4, -0.2) is 27.0 Å². The van der Waals surface area contributed by atoms with Crippen molar-refractivity contribution in [2.45, 2.75) is 50.7 Å². The number of nitrogens with two attached hydrogens (primary N) is 1. The number of carbonyl (C=O) groups is 1. The van der Waals surface area contributed by atoms with Crippen LogP contribution < -0.4 is 11.1 Å². The van der Waals surface area contributed by atoms with Gasteiger partial charge in [-0.2, -0.15) is 0 Å². The van der Waals surface area contributed by atoms with E-state index in [-0.39, 0.29) is 11.9 Å². The predicted octanol–water partition coefficient (Wildman–Crippen LogP) is 0.659. The smallest absolute Gasteiger partial charge is 0.240 e. The van der Waals surface area contributed by atoms with E-state index in [1.165, 1.54) is 0 Å². The van der Waals surface area contributed by atoms with Crippen LogP contribution in [0.2, 0.25) is 0 Å². The summed E-state index contributed by atoms with van der Waals surface area (Å²) in [6.45, 7) is 2.71. The van der Waals surface area contributed by atoms with E-state index in [2.05, 4.69) is 10.3 Å². The minimum absolute atomic E-state index is 0.0115. The fraction of sp³-hybridized carbons (Fsp3) is 0.667. The van der Waals surface area contributed by atoms with Crippen molar-refractivity contribution in [2.24, 2.45) is 5.73 Å². The summed E-state index contributed by atoms with van der Waals surface area (Å²) in [4.78, 5) is 16.0. The lowest BCUT2D eigenvalue weighted by atomic mass is 9.98. The number of carbonyl (C=O) groups excluding carboxylic acids is 1. The average molecular weight is 236 g/mol. The maximum atomic E-state index is 12.0. The molecule has 0 radical (unpaired) electrons. The first kappa shape index (κ1) is 12.1. The van der Waals surface area contributed by atoms with Gasteiger partial charge in [0.1, 0.15) is 0 Å². The van der Waals surface area contributed by atoms with Gasteiger partial charge in [-0.1, -0.05) is 12.8 Å². The highest BCUT2D eigenvalue weighted by molar-refractivity contribution is 5.86. The van der Waals surface area contributed by atoms with Crippen LogP contribution in [0.5, 0.6) is 0 Å². The Morgan fingerprint density at radius 3 is 2.88 bits per heavy atom. The first-order chi connectivity index (χ1) is 8.10. The van der Waals surface area contributed by atoms with E-state index in [1.54, 1.807) is 12.5 Å². The molecule has 3 N–H and O–H groups in total. The van der Waals surface area contributed by atoms with Crippen molar-refractivity contribution >= 4 is 5.91 Å². The van der Waals surface area contributed by atoms with Crippen LogP contribution >= 0.6 is 0 Å². The fourth-order valence-electron chi connectivity index (χ4n) is 2.36. The molecule has 5 nitrogen and oxygen atoms in total. The molecule has 1 aliphatic rings. The zero-order chi connectivity index (χ0) is 12.3. The number of nitrogens with one attached hydrogen (secondary N) is 1. The van der Waals surface area contributed by atoms with Crippen LogP contribution in [0.1, 0.15) is 32.6 Å². The quantitative estimate of drug-likeness (QED) is 0.806. The highest BCUT2D eigenvalue weighted by Crippen LogP contribution is 2.27. The molecule has 1 aromatic rings. The van der Waals surface area contributed by atoms with Crippen molar-refractivity contribution in [1.29, 1.82) is 0 Å². The number of rotatable bonds is 4. The van der Waals surface area contributed by atoms with Crippen LogP contribution in [0.3, 0.4) is 0 Å². The summed E-state index contributed by atoms with van der Waals surface area (Å²) in [5.41, 5.74) is 5.46. The van der Waals surface area contributed by atoms with Gasteiger partial charge in [0, 0.05) is 25.0 Å². The Morgan fingerprint density at radius 2 is 2.29 bits per heavy atom. The normalized spacial score (nSPS) is 20.1. The van der Waals surface area contributed by atoms with E-state index in [4.69, 9.17) is 5.73 Å². The van der Waals surface area contributed by atoms with Crippen molar-refractivity contribution in [3.05, 3.63) is 18.7 Å². The zero-order valence-corrected chi connectivity index (χ0v) is 10.2. The lowest BCUT2D eigenvalue weighted by molar-refractivity contribution is -0.126. The van der Waals surface area contributed by atoms with Crippen molar-refractivity contribution in [3.63, 3.8) is 0 Å². The first-order valence-electron chi connectivity index (χ1n) is 6.16. The minimum atomic E-state index is -0.636. The Labute approximate surface area is 101 Å². The second-order valence-corrected chi connectivity index (χ2v) is 5.00. The summed E-state index contributed by atoms with van der Waals surface area (Å²) < 4.78 is 1.95. The van der Waals surface area contributed by atoms with Crippen molar-refractivity contribution < 1.29 is 4.79 Å². The Kier molecular flexibility index (Phi) is 3.47. The highest BCUT2D eigenvalue weighted by Gasteiger charge is 2.37. The van der Waals surface area contributed by atoms with Crippen molar-refractivity contribution in [3.8, 4) is 0 Å². The van der Waals surface area contributed by atoms with Gasteiger partial charge in [-0.15, -0.1) is 0 Å². The van der Waals surface area contributed by atoms with Crippen LogP contribution in [0.15, 0.2) is 18.7 Å². The molecule has 0 bridgehead atoms. The Hall–Kier alpha value is -1.36. The van der Waals surface area contributed by atoms with E-state index in [0.29, 0.717) is 0 Å². The number of imidazole rings is 1. The number of amides is 1. The molecule has 1 aromatic heterocycles. The molecule has 1 amide bonds. The van der Waals surface area contributed by atoms with Gasteiger partial charge >= 0.3 is 0 Å². The third-order valence-electron chi connectivity index (χ3n) is 3.37. The molecule has 1 atom stereocenters. The van der Waals surface area contributed by atoms with Crippen molar-refractivity contribution in [1.82, 2.24) is 14.9 Å². The van der Waals surface area contributed by atoms with Gasteiger partial charge in [0.05, 0.1) is 11.9 Å². The van der Waals surface area contributed by atoms with Gasteiger partial charge in [-0.3, -0.25) is 4.79 Å². The van der Waals surface area contributed by atoms with E-state index in [9.17, 15) is 4.79 Å².